The molecule has 2 aromatic carbocycles. The number of carbonyl (C=O) groups excluding carboxylic acids is 1. The molecule has 0 atom stereocenters. The molecule has 9 heteroatoms. The molecule has 0 aromatic heterocycles. The summed E-state index contributed by atoms with van der Waals surface area (Å²) < 4.78 is 28.9. The summed E-state index contributed by atoms with van der Waals surface area (Å²) in [4.78, 5) is 24.8. The number of ether oxygens (including phenoxy) is 1. The van der Waals surface area contributed by atoms with Gasteiger partial charge in [0.1, 0.15) is 5.75 Å². The van der Waals surface area contributed by atoms with Gasteiger partial charge in [-0.15, -0.1) is 0 Å². The lowest BCUT2D eigenvalue weighted by molar-refractivity contribution is -0.385. The van der Waals surface area contributed by atoms with Gasteiger partial charge in [0.25, 0.3) is 11.6 Å². The molecule has 1 amide bonds. The SMILES string of the molecule is COc1ccc(CC2CCN(C(=O)c3cc([N+](=O)[O-])cc(S(C)(=O)=O)c3)CC2)cc1. The van der Waals surface area contributed by atoms with Crippen molar-refractivity contribution in [1.82, 2.24) is 4.90 Å². The van der Waals surface area contributed by atoms with Crippen molar-refractivity contribution >= 4 is 21.4 Å². The van der Waals surface area contributed by atoms with Crippen LogP contribution in [0.1, 0.15) is 28.8 Å². The summed E-state index contributed by atoms with van der Waals surface area (Å²) in [5.41, 5.74) is 0.825. The van der Waals surface area contributed by atoms with Crippen molar-refractivity contribution in [2.45, 2.75) is 24.2 Å². The van der Waals surface area contributed by atoms with Gasteiger partial charge < -0.3 is 9.64 Å². The number of carbonyl (C=O) groups is 1. The number of rotatable bonds is 6. The van der Waals surface area contributed by atoms with Gasteiger partial charge >= 0.3 is 0 Å². The lowest BCUT2D eigenvalue weighted by Crippen LogP contribution is -2.39. The molecule has 1 aliphatic heterocycles. The fourth-order valence-electron chi connectivity index (χ4n) is 3.64. The Kier molecular flexibility index (Phi) is 6.40. The second kappa shape index (κ2) is 8.83. The van der Waals surface area contributed by atoms with Gasteiger partial charge in [0.05, 0.1) is 16.9 Å². The maximum absolute atomic E-state index is 12.9. The Morgan fingerprint density at radius 2 is 1.80 bits per heavy atom. The summed E-state index contributed by atoms with van der Waals surface area (Å²) in [5, 5.41) is 11.2. The number of hydrogen-bond acceptors (Lipinski definition) is 6. The average molecular weight is 432 g/mol. The summed E-state index contributed by atoms with van der Waals surface area (Å²) in [5.74, 6) is 0.857. The molecule has 30 heavy (non-hydrogen) atoms. The first-order valence-electron chi connectivity index (χ1n) is 9.59. The second-order valence-electron chi connectivity index (χ2n) is 7.53. The Morgan fingerprint density at radius 1 is 1.17 bits per heavy atom. The molecule has 3 rings (SSSR count). The van der Waals surface area contributed by atoms with E-state index in [1.807, 2.05) is 24.3 Å². The number of methoxy groups -OCH3 is 1. The largest absolute Gasteiger partial charge is 0.497 e. The summed E-state index contributed by atoms with van der Waals surface area (Å²) >= 11 is 0. The van der Waals surface area contributed by atoms with Crippen LogP contribution in [0.5, 0.6) is 5.75 Å². The normalized spacial score (nSPS) is 15.1. The number of nitrogens with zero attached hydrogens (tertiary/aromatic N) is 2. The van der Waals surface area contributed by atoms with E-state index in [1.54, 1.807) is 12.0 Å². The van der Waals surface area contributed by atoms with Crippen molar-refractivity contribution < 1.29 is 22.9 Å². The van der Waals surface area contributed by atoms with Gasteiger partial charge in [-0.1, -0.05) is 12.1 Å². The number of nitro groups is 1. The van der Waals surface area contributed by atoms with Crippen molar-refractivity contribution in [1.29, 1.82) is 0 Å². The number of sulfone groups is 1. The molecule has 1 aliphatic rings. The number of likely N-dealkylation sites (tertiary alicyclic amines) is 1. The molecule has 1 saturated heterocycles. The third-order valence-electron chi connectivity index (χ3n) is 5.36. The van der Waals surface area contributed by atoms with Crippen LogP contribution in [0, 0.1) is 16.0 Å². The van der Waals surface area contributed by atoms with Crippen molar-refractivity contribution in [2.24, 2.45) is 5.92 Å². The predicted octanol–water partition coefficient (Wildman–Crippen LogP) is 3.10. The van der Waals surface area contributed by atoms with Crippen LogP contribution in [-0.2, 0) is 16.3 Å². The molecular weight excluding hydrogens is 408 g/mol. The molecular formula is C21H24N2O6S. The number of amides is 1. The van der Waals surface area contributed by atoms with E-state index in [4.69, 9.17) is 4.74 Å². The highest BCUT2D eigenvalue weighted by atomic mass is 32.2. The highest BCUT2D eigenvalue weighted by Gasteiger charge is 2.26. The van der Waals surface area contributed by atoms with E-state index in [0.29, 0.717) is 19.0 Å². The third kappa shape index (κ3) is 5.15. The molecule has 1 heterocycles. The molecule has 160 valence electrons. The monoisotopic (exact) mass is 432 g/mol. The van der Waals surface area contributed by atoms with Gasteiger partial charge in [0.15, 0.2) is 9.84 Å². The molecule has 0 saturated carbocycles. The molecule has 0 radical (unpaired) electrons. The molecule has 0 spiro atoms. The smallest absolute Gasteiger partial charge is 0.271 e. The lowest BCUT2D eigenvalue weighted by Gasteiger charge is -2.32. The van der Waals surface area contributed by atoms with Crippen LogP contribution >= 0.6 is 0 Å². The first-order valence-corrected chi connectivity index (χ1v) is 11.5. The van der Waals surface area contributed by atoms with E-state index in [0.717, 1.165) is 43.4 Å². The molecule has 1 fully saturated rings. The average Bonchev–Trinajstić information content (AvgIpc) is 2.73. The molecule has 0 bridgehead atoms. The predicted molar refractivity (Wildman–Crippen MR) is 112 cm³/mol. The van der Waals surface area contributed by atoms with Gasteiger partial charge in [-0.3, -0.25) is 14.9 Å². The fraction of sp³-hybridized carbons (Fsp3) is 0.381. The first-order chi connectivity index (χ1) is 14.2. The van der Waals surface area contributed by atoms with Crippen molar-refractivity contribution in [3.8, 4) is 5.75 Å². The van der Waals surface area contributed by atoms with E-state index in [9.17, 15) is 23.3 Å². The lowest BCUT2D eigenvalue weighted by atomic mass is 9.90. The minimum atomic E-state index is -3.68. The number of benzene rings is 2. The molecule has 0 aliphatic carbocycles. The van der Waals surface area contributed by atoms with E-state index < -0.39 is 20.4 Å². The van der Waals surface area contributed by atoms with Gasteiger partial charge in [-0.2, -0.15) is 0 Å². The molecule has 2 aromatic rings. The van der Waals surface area contributed by atoms with Crippen molar-refractivity contribution in [2.75, 3.05) is 26.5 Å². The standard InChI is InChI=1S/C21H24N2O6S/c1-29-19-5-3-15(4-6-19)11-16-7-9-22(10-8-16)21(24)17-12-18(23(25)26)14-20(13-17)30(2,27)28/h3-6,12-14,16H,7-11H2,1-2H3. The Bertz CT molecular complexity index is 1040. The van der Waals surface area contributed by atoms with Crippen molar-refractivity contribution in [3.63, 3.8) is 0 Å². The zero-order valence-electron chi connectivity index (χ0n) is 16.9. The topological polar surface area (TPSA) is 107 Å². The van der Waals surface area contributed by atoms with Gasteiger partial charge in [-0.05, 0) is 48.9 Å². The van der Waals surface area contributed by atoms with Gasteiger partial charge in [-0.25, -0.2) is 8.42 Å². The van der Waals surface area contributed by atoms with Gasteiger partial charge in [0, 0.05) is 37.0 Å². The number of non-ortho nitro benzene ring substituents is 1. The minimum absolute atomic E-state index is 0.0261. The summed E-state index contributed by atoms with van der Waals surface area (Å²) in [6, 6.07) is 11.3. The highest BCUT2D eigenvalue weighted by Crippen LogP contribution is 2.26. The van der Waals surface area contributed by atoms with Crippen LogP contribution in [0.15, 0.2) is 47.4 Å². The van der Waals surface area contributed by atoms with Crippen LogP contribution in [-0.4, -0.2) is 50.6 Å². The maximum Gasteiger partial charge on any atom is 0.271 e. The van der Waals surface area contributed by atoms with E-state index in [-0.39, 0.29) is 16.4 Å². The van der Waals surface area contributed by atoms with Gasteiger partial charge in [0.2, 0.25) is 0 Å². The first kappa shape index (κ1) is 21.8. The minimum Gasteiger partial charge on any atom is -0.497 e. The third-order valence-corrected chi connectivity index (χ3v) is 6.45. The highest BCUT2D eigenvalue weighted by molar-refractivity contribution is 7.90. The van der Waals surface area contributed by atoms with Crippen molar-refractivity contribution in [3.05, 3.63) is 63.7 Å². The van der Waals surface area contributed by atoms with Crippen LogP contribution in [0.2, 0.25) is 0 Å². The number of hydrogen-bond donors (Lipinski definition) is 0. The Balaban J connectivity index is 1.68. The Morgan fingerprint density at radius 3 is 2.33 bits per heavy atom. The zero-order chi connectivity index (χ0) is 21.9. The summed E-state index contributed by atoms with van der Waals surface area (Å²) in [6.45, 7) is 1.05. The molecule has 0 unspecified atom stereocenters. The summed E-state index contributed by atoms with van der Waals surface area (Å²) in [6.07, 6.45) is 3.49. The maximum atomic E-state index is 12.9. The second-order valence-corrected chi connectivity index (χ2v) is 9.55. The zero-order valence-corrected chi connectivity index (χ0v) is 17.7. The molecule has 8 nitrogen and oxygen atoms in total. The van der Waals surface area contributed by atoms with E-state index in [1.165, 1.54) is 11.6 Å². The Hall–Kier alpha value is -2.94. The molecule has 0 N–H and O–H groups in total. The quantitative estimate of drug-likeness (QED) is 0.513. The van der Waals surface area contributed by atoms with Crippen LogP contribution in [0.25, 0.3) is 0 Å². The number of nitro benzene ring substituents is 1. The van der Waals surface area contributed by atoms with E-state index >= 15 is 0 Å². The van der Waals surface area contributed by atoms with Crippen LogP contribution < -0.4 is 4.74 Å². The van der Waals surface area contributed by atoms with Crippen LogP contribution in [0.4, 0.5) is 5.69 Å². The fourth-order valence-corrected chi connectivity index (χ4v) is 4.32. The number of piperidine rings is 1. The van der Waals surface area contributed by atoms with E-state index in [2.05, 4.69) is 0 Å². The Labute approximate surface area is 175 Å². The van der Waals surface area contributed by atoms with Crippen LogP contribution in [0.3, 0.4) is 0 Å². The summed E-state index contributed by atoms with van der Waals surface area (Å²) in [7, 11) is -2.05.